The van der Waals surface area contributed by atoms with Crippen molar-refractivity contribution >= 4 is 37.3 Å². The summed E-state index contributed by atoms with van der Waals surface area (Å²) in [6.45, 7) is 0. The van der Waals surface area contributed by atoms with Crippen LogP contribution in [0.3, 0.4) is 0 Å². The summed E-state index contributed by atoms with van der Waals surface area (Å²) in [4.78, 5) is 0.249. The number of aromatic nitrogens is 2. The Bertz CT molecular complexity index is 809. The summed E-state index contributed by atoms with van der Waals surface area (Å²) in [7, 11) is -3.63. The zero-order valence-corrected chi connectivity index (χ0v) is 11.3. The first kappa shape index (κ1) is 12.1. The van der Waals surface area contributed by atoms with Gasteiger partial charge in [-0.15, -0.1) is 5.10 Å². The monoisotopic (exact) mass is 291 g/mol. The third kappa shape index (κ3) is 2.29. The van der Waals surface area contributed by atoms with E-state index >= 15 is 0 Å². The number of nitrogens with zero attached hydrogens (tertiary/aromatic N) is 2. The van der Waals surface area contributed by atoms with Crippen LogP contribution in [-0.4, -0.2) is 18.0 Å². The highest BCUT2D eigenvalue weighted by Gasteiger charge is 2.17. The molecule has 0 aliphatic heterocycles. The molecule has 7 heteroatoms. The first-order valence-corrected chi connectivity index (χ1v) is 7.70. The lowest BCUT2D eigenvalue weighted by Crippen LogP contribution is -2.12. The maximum Gasteiger partial charge on any atom is 0.263 e. The highest BCUT2D eigenvalue weighted by atomic mass is 32.2. The predicted octanol–water partition coefficient (Wildman–Crippen LogP) is 2.49. The summed E-state index contributed by atoms with van der Waals surface area (Å²) in [6.07, 6.45) is 1.38. The minimum Gasteiger partial charge on any atom is -0.268 e. The second kappa shape index (κ2) is 4.60. The number of hydrogen-bond acceptors (Lipinski definition) is 5. The van der Waals surface area contributed by atoms with Crippen LogP contribution in [0.4, 0.5) is 5.00 Å². The van der Waals surface area contributed by atoms with Gasteiger partial charge >= 0.3 is 0 Å². The van der Waals surface area contributed by atoms with Crippen LogP contribution in [0.5, 0.6) is 0 Å². The van der Waals surface area contributed by atoms with Crippen molar-refractivity contribution in [2.45, 2.75) is 4.90 Å². The molecule has 5 nitrogen and oxygen atoms in total. The molecule has 0 aliphatic rings. The summed E-state index contributed by atoms with van der Waals surface area (Å²) in [6, 6.07) is 12.5. The summed E-state index contributed by atoms with van der Waals surface area (Å²) in [5.41, 5.74) is 0. The van der Waals surface area contributed by atoms with Crippen LogP contribution in [0.2, 0.25) is 0 Å². The highest BCUT2D eigenvalue weighted by molar-refractivity contribution is 7.93. The smallest absolute Gasteiger partial charge is 0.263 e. The van der Waals surface area contributed by atoms with Crippen LogP contribution in [-0.2, 0) is 10.0 Å². The molecule has 96 valence electrons. The van der Waals surface area contributed by atoms with E-state index in [0.29, 0.717) is 10.4 Å². The van der Waals surface area contributed by atoms with Gasteiger partial charge < -0.3 is 0 Å². The van der Waals surface area contributed by atoms with Gasteiger partial charge in [-0.05, 0) is 11.5 Å². The fraction of sp³-hybridized carbons (Fsp3) is 0. The highest BCUT2D eigenvalue weighted by Crippen LogP contribution is 2.25. The Balaban J connectivity index is 2.13. The maximum absolute atomic E-state index is 12.4. The lowest BCUT2D eigenvalue weighted by molar-refractivity contribution is 0.602. The molecule has 0 fully saturated rings. The fourth-order valence-electron chi connectivity index (χ4n) is 1.83. The third-order valence-electron chi connectivity index (χ3n) is 2.64. The summed E-state index contributed by atoms with van der Waals surface area (Å²) in [5, 5.41) is 5.57. The van der Waals surface area contributed by atoms with E-state index in [9.17, 15) is 8.42 Å². The van der Waals surface area contributed by atoms with Crippen LogP contribution < -0.4 is 4.72 Å². The molecule has 2 aromatic carbocycles. The minimum absolute atomic E-state index is 0.249. The van der Waals surface area contributed by atoms with Crippen LogP contribution in [0, 0.1) is 0 Å². The largest absolute Gasteiger partial charge is 0.268 e. The van der Waals surface area contributed by atoms with Crippen LogP contribution >= 0.6 is 11.5 Å². The van der Waals surface area contributed by atoms with Crippen molar-refractivity contribution in [2.24, 2.45) is 0 Å². The number of anilines is 1. The van der Waals surface area contributed by atoms with Gasteiger partial charge in [0.1, 0.15) is 5.00 Å². The van der Waals surface area contributed by atoms with Gasteiger partial charge in [0, 0.05) is 16.9 Å². The third-order valence-corrected chi connectivity index (χ3v) is 4.77. The van der Waals surface area contributed by atoms with E-state index in [1.54, 1.807) is 18.2 Å². The molecule has 0 bridgehead atoms. The van der Waals surface area contributed by atoms with Crippen molar-refractivity contribution in [1.29, 1.82) is 0 Å². The molecule has 3 aromatic rings. The lowest BCUT2D eigenvalue weighted by atomic mass is 10.1. The van der Waals surface area contributed by atoms with Crippen LogP contribution in [0.1, 0.15) is 0 Å². The Labute approximate surface area is 114 Å². The van der Waals surface area contributed by atoms with Crippen molar-refractivity contribution in [3.63, 3.8) is 0 Å². The maximum atomic E-state index is 12.4. The van der Waals surface area contributed by atoms with E-state index in [0.717, 1.165) is 16.9 Å². The molecular formula is C12H9N3O2S2. The second-order valence-electron chi connectivity index (χ2n) is 3.86. The molecule has 1 aromatic heterocycles. The Morgan fingerprint density at radius 2 is 1.84 bits per heavy atom. The van der Waals surface area contributed by atoms with Gasteiger partial charge in [-0.3, -0.25) is 4.72 Å². The van der Waals surface area contributed by atoms with Crippen molar-refractivity contribution in [1.82, 2.24) is 9.59 Å². The molecule has 19 heavy (non-hydrogen) atoms. The number of rotatable bonds is 3. The molecule has 0 amide bonds. The zero-order valence-electron chi connectivity index (χ0n) is 9.65. The van der Waals surface area contributed by atoms with Gasteiger partial charge in [-0.2, -0.15) is 0 Å². The van der Waals surface area contributed by atoms with Crippen molar-refractivity contribution in [3.8, 4) is 0 Å². The van der Waals surface area contributed by atoms with Crippen molar-refractivity contribution in [3.05, 3.63) is 48.7 Å². The molecule has 1 N–H and O–H groups in total. The van der Waals surface area contributed by atoms with Crippen molar-refractivity contribution < 1.29 is 8.42 Å². The normalized spacial score (nSPS) is 11.6. The molecule has 0 atom stereocenters. The number of nitrogens with one attached hydrogen (secondary N) is 1. The van der Waals surface area contributed by atoms with Gasteiger partial charge in [-0.25, -0.2) is 8.42 Å². The van der Waals surface area contributed by atoms with E-state index in [-0.39, 0.29) is 4.90 Å². The molecule has 0 unspecified atom stereocenters. The van der Waals surface area contributed by atoms with Crippen molar-refractivity contribution in [2.75, 3.05) is 4.72 Å². The SMILES string of the molecule is O=S(=O)(Nc1cnns1)c1cccc2ccccc12. The average molecular weight is 291 g/mol. The lowest BCUT2D eigenvalue weighted by Gasteiger charge is -2.08. The summed E-state index contributed by atoms with van der Waals surface area (Å²) in [5.74, 6) is 0. The van der Waals surface area contributed by atoms with Crippen LogP contribution in [0.25, 0.3) is 10.8 Å². The standard InChI is InChI=1S/C12H9N3O2S2/c16-19(17,14-12-8-13-15-18-12)11-7-3-5-9-4-1-2-6-10(9)11/h1-8,14H. The number of sulfonamides is 1. The molecule has 3 rings (SSSR count). The molecule has 1 heterocycles. The van der Waals surface area contributed by atoms with Gasteiger partial charge in [0.2, 0.25) is 0 Å². The topological polar surface area (TPSA) is 72.0 Å². The Hall–Kier alpha value is -1.99. The van der Waals surface area contributed by atoms with E-state index in [1.807, 2.05) is 24.3 Å². The quantitative estimate of drug-likeness (QED) is 0.804. The molecular weight excluding hydrogens is 282 g/mol. The number of benzene rings is 2. The molecule has 0 saturated carbocycles. The predicted molar refractivity (Wildman–Crippen MR) is 74.7 cm³/mol. The van der Waals surface area contributed by atoms with E-state index in [4.69, 9.17) is 0 Å². The van der Waals surface area contributed by atoms with Crippen LogP contribution in [0.15, 0.2) is 53.6 Å². The van der Waals surface area contributed by atoms with E-state index in [1.165, 1.54) is 6.20 Å². The van der Waals surface area contributed by atoms with Gasteiger partial charge in [0.25, 0.3) is 10.0 Å². The zero-order chi connectivity index (χ0) is 13.3. The number of hydrogen-bond donors (Lipinski definition) is 1. The molecule has 0 saturated heterocycles. The first-order chi connectivity index (χ1) is 9.17. The Morgan fingerprint density at radius 3 is 2.63 bits per heavy atom. The average Bonchev–Trinajstić information content (AvgIpc) is 2.90. The first-order valence-electron chi connectivity index (χ1n) is 5.45. The minimum atomic E-state index is -3.63. The fourth-order valence-corrected chi connectivity index (χ4v) is 3.74. The van der Waals surface area contributed by atoms with Gasteiger partial charge in [0.05, 0.1) is 11.1 Å². The summed E-state index contributed by atoms with van der Waals surface area (Å²) < 4.78 is 30.8. The van der Waals surface area contributed by atoms with Gasteiger partial charge in [-0.1, -0.05) is 40.9 Å². The molecule has 0 aliphatic carbocycles. The van der Waals surface area contributed by atoms with Gasteiger partial charge in [0.15, 0.2) is 0 Å². The Kier molecular flexibility index (Phi) is 2.92. The molecule has 0 spiro atoms. The Morgan fingerprint density at radius 1 is 1.05 bits per heavy atom. The summed E-state index contributed by atoms with van der Waals surface area (Å²) >= 11 is 0.998. The van der Waals surface area contributed by atoms with E-state index < -0.39 is 10.0 Å². The van der Waals surface area contributed by atoms with E-state index in [2.05, 4.69) is 14.3 Å². The second-order valence-corrected chi connectivity index (χ2v) is 6.30. The number of fused-ring (bicyclic) bond motifs is 1. The molecule has 0 radical (unpaired) electrons.